The average molecular weight is 287 g/mol. The summed E-state index contributed by atoms with van der Waals surface area (Å²) < 4.78 is 0. The molecule has 0 radical (unpaired) electrons. The maximum atomic E-state index is 12.5. The monoisotopic (exact) mass is 287 g/mol. The van der Waals surface area contributed by atoms with Crippen LogP contribution in [-0.2, 0) is 9.59 Å². The van der Waals surface area contributed by atoms with Gasteiger partial charge in [-0.25, -0.2) is 0 Å². The number of unbranched alkanes of at least 4 members (excludes halogenated alkanes) is 3. The number of hydrogen-bond acceptors (Lipinski definition) is 2. The average Bonchev–Trinajstić information content (AvgIpc) is 3.11. The first kappa shape index (κ1) is 14.6. The molecule has 2 aliphatic carbocycles. The Labute approximate surface area is 127 Å². The van der Waals surface area contributed by atoms with Crippen LogP contribution in [0.5, 0.6) is 0 Å². The summed E-state index contributed by atoms with van der Waals surface area (Å²) in [5.41, 5.74) is 1.73. The molecule has 3 rings (SSSR count). The summed E-state index contributed by atoms with van der Waals surface area (Å²) >= 11 is 0. The van der Waals surface area contributed by atoms with Crippen LogP contribution >= 0.6 is 0 Å². The first-order valence-corrected chi connectivity index (χ1v) is 8.40. The smallest absolute Gasteiger partial charge is 0.257 e. The number of fused-ring (bicyclic) bond motifs is 4. The number of carbonyl (C=O) groups excluding carboxylic acids is 2. The molecule has 2 amide bonds. The molecule has 1 heterocycles. The Bertz CT molecular complexity index is 505. The van der Waals surface area contributed by atoms with Crippen LogP contribution in [0.25, 0.3) is 0 Å². The summed E-state index contributed by atoms with van der Waals surface area (Å²) in [5, 5.41) is 0. The van der Waals surface area contributed by atoms with Crippen molar-refractivity contribution in [3.05, 3.63) is 23.8 Å². The molecule has 1 saturated carbocycles. The zero-order valence-electron chi connectivity index (χ0n) is 12.9. The second kappa shape index (κ2) is 5.78. The van der Waals surface area contributed by atoms with Crippen molar-refractivity contribution in [1.82, 2.24) is 4.90 Å². The molecule has 0 aromatic heterocycles. The van der Waals surface area contributed by atoms with Crippen molar-refractivity contribution in [2.24, 2.45) is 17.8 Å². The zero-order valence-corrected chi connectivity index (χ0v) is 12.9. The Kier molecular flexibility index (Phi) is 4.01. The predicted molar refractivity (Wildman–Crippen MR) is 82.4 cm³/mol. The number of carbonyl (C=O) groups is 2. The van der Waals surface area contributed by atoms with E-state index in [1.165, 1.54) is 37.0 Å². The van der Waals surface area contributed by atoms with Crippen molar-refractivity contribution < 1.29 is 9.59 Å². The summed E-state index contributed by atoms with van der Waals surface area (Å²) in [7, 11) is 0. The van der Waals surface area contributed by atoms with Gasteiger partial charge >= 0.3 is 0 Å². The van der Waals surface area contributed by atoms with Gasteiger partial charge in [-0.2, -0.15) is 0 Å². The quantitative estimate of drug-likeness (QED) is 0.408. The van der Waals surface area contributed by atoms with Crippen molar-refractivity contribution >= 4 is 11.8 Å². The second-order valence-electron chi connectivity index (χ2n) is 6.72. The van der Waals surface area contributed by atoms with E-state index < -0.39 is 0 Å². The molecule has 3 atom stereocenters. The van der Waals surface area contributed by atoms with Crippen molar-refractivity contribution in [2.45, 2.75) is 51.9 Å². The first-order chi connectivity index (χ1) is 10.2. The summed E-state index contributed by atoms with van der Waals surface area (Å²) in [4.78, 5) is 26.3. The molecule has 0 N–H and O–H groups in total. The maximum absolute atomic E-state index is 12.5. The molecule has 0 saturated heterocycles. The minimum absolute atomic E-state index is 0.0272. The Morgan fingerprint density at radius 1 is 1.14 bits per heavy atom. The molecular weight excluding hydrogens is 262 g/mol. The predicted octanol–water partition coefficient (Wildman–Crippen LogP) is 3.46. The third-order valence-electron chi connectivity index (χ3n) is 5.46. The van der Waals surface area contributed by atoms with E-state index in [9.17, 15) is 9.59 Å². The Balaban J connectivity index is 1.69. The molecule has 3 heteroatoms. The Morgan fingerprint density at radius 2 is 1.90 bits per heavy atom. The van der Waals surface area contributed by atoms with Gasteiger partial charge in [-0.1, -0.05) is 38.7 Å². The van der Waals surface area contributed by atoms with Gasteiger partial charge in [0.1, 0.15) is 0 Å². The van der Waals surface area contributed by atoms with E-state index in [0.29, 0.717) is 24.3 Å². The van der Waals surface area contributed by atoms with Crippen LogP contribution in [-0.4, -0.2) is 23.3 Å². The fraction of sp³-hybridized carbons (Fsp3) is 0.667. The summed E-state index contributed by atoms with van der Waals surface area (Å²) in [6.45, 7) is 6.23. The normalized spacial score (nSPS) is 30.5. The van der Waals surface area contributed by atoms with Crippen molar-refractivity contribution in [3.8, 4) is 0 Å². The van der Waals surface area contributed by atoms with Crippen molar-refractivity contribution in [2.75, 3.05) is 6.54 Å². The minimum Gasteiger partial charge on any atom is -0.271 e. The van der Waals surface area contributed by atoms with Gasteiger partial charge in [-0.05, 0) is 37.0 Å². The molecule has 3 aliphatic rings. The fourth-order valence-electron chi connectivity index (χ4n) is 4.53. The first-order valence-electron chi connectivity index (χ1n) is 8.40. The molecule has 0 aromatic rings. The van der Waals surface area contributed by atoms with Crippen LogP contribution in [0, 0.1) is 17.8 Å². The topological polar surface area (TPSA) is 37.4 Å². The second-order valence-corrected chi connectivity index (χ2v) is 6.72. The van der Waals surface area contributed by atoms with E-state index in [4.69, 9.17) is 0 Å². The number of nitrogens with zero attached hydrogens (tertiary/aromatic N) is 1. The van der Waals surface area contributed by atoms with Crippen LogP contribution < -0.4 is 0 Å². The van der Waals surface area contributed by atoms with E-state index in [-0.39, 0.29) is 11.8 Å². The van der Waals surface area contributed by atoms with Crippen molar-refractivity contribution in [3.63, 3.8) is 0 Å². The summed E-state index contributed by atoms with van der Waals surface area (Å²) in [6.07, 6.45) is 10.2. The van der Waals surface area contributed by atoms with Gasteiger partial charge in [0.25, 0.3) is 11.8 Å². The zero-order chi connectivity index (χ0) is 15.0. The lowest BCUT2D eigenvalue weighted by atomic mass is 9.81. The van der Waals surface area contributed by atoms with Gasteiger partial charge in [-0.3, -0.25) is 14.5 Å². The van der Waals surface area contributed by atoms with E-state index in [1.807, 2.05) is 0 Å². The Morgan fingerprint density at radius 3 is 2.62 bits per heavy atom. The van der Waals surface area contributed by atoms with Crippen LogP contribution in [0.1, 0.15) is 51.9 Å². The van der Waals surface area contributed by atoms with Crippen LogP contribution in [0.2, 0.25) is 0 Å². The molecule has 1 aliphatic heterocycles. The van der Waals surface area contributed by atoms with Crippen LogP contribution in [0.4, 0.5) is 0 Å². The Hall–Kier alpha value is -1.38. The van der Waals surface area contributed by atoms with Gasteiger partial charge in [0, 0.05) is 17.7 Å². The molecule has 21 heavy (non-hydrogen) atoms. The van der Waals surface area contributed by atoms with Crippen molar-refractivity contribution in [1.29, 1.82) is 0 Å². The minimum atomic E-state index is -0.0353. The number of imide groups is 1. The molecule has 3 nitrogen and oxygen atoms in total. The molecule has 114 valence electrons. The van der Waals surface area contributed by atoms with Gasteiger partial charge in [-0.15, -0.1) is 6.58 Å². The van der Waals surface area contributed by atoms with Crippen LogP contribution in [0.15, 0.2) is 23.8 Å². The molecule has 1 fully saturated rings. The lowest BCUT2D eigenvalue weighted by Crippen LogP contribution is -2.33. The van der Waals surface area contributed by atoms with E-state index in [2.05, 4.69) is 13.5 Å². The fourth-order valence-corrected chi connectivity index (χ4v) is 4.53. The van der Waals surface area contributed by atoms with E-state index in [1.54, 1.807) is 6.08 Å². The molecular formula is C18H25NO2. The number of hydrogen-bond donors (Lipinski definition) is 0. The van der Waals surface area contributed by atoms with E-state index >= 15 is 0 Å². The number of likely N-dealkylation sites (tertiary alicyclic amines) is 1. The lowest BCUT2D eigenvalue weighted by molar-refractivity contribution is -0.137. The molecule has 2 bridgehead atoms. The highest BCUT2D eigenvalue weighted by molar-refractivity contribution is 6.20. The highest BCUT2D eigenvalue weighted by atomic mass is 16.2. The van der Waals surface area contributed by atoms with Gasteiger partial charge < -0.3 is 0 Å². The van der Waals surface area contributed by atoms with Gasteiger partial charge in [0.15, 0.2) is 0 Å². The third kappa shape index (κ3) is 2.27. The largest absolute Gasteiger partial charge is 0.271 e. The third-order valence-corrected chi connectivity index (χ3v) is 5.46. The summed E-state index contributed by atoms with van der Waals surface area (Å²) in [6, 6.07) is 0. The van der Waals surface area contributed by atoms with Gasteiger partial charge in [0.05, 0.1) is 0 Å². The van der Waals surface area contributed by atoms with E-state index in [0.717, 1.165) is 24.0 Å². The maximum Gasteiger partial charge on any atom is 0.257 e. The standard InChI is InChI=1S/C18H25NO2/c1-3-5-6-7-8-12-10-13-11-14(12)16-15(13)17(20)19(9-4-2)18(16)21/h4,12-14H,2-3,5-11H2,1H3. The molecule has 0 aromatic carbocycles. The van der Waals surface area contributed by atoms with Crippen LogP contribution in [0.3, 0.4) is 0 Å². The number of amides is 2. The number of rotatable bonds is 7. The summed E-state index contributed by atoms with van der Waals surface area (Å²) in [5.74, 6) is 1.28. The highest BCUT2D eigenvalue weighted by Gasteiger charge is 2.55. The SMILES string of the molecule is C=CCN1C(=O)C2=C(C1=O)C1CC2CC1CCCCCC. The lowest BCUT2D eigenvalue weighted by Gasteiger charge is -2.22. The molecule has 0 spiro atoms. The highest BCUT2D eigenvalue weighted by Crippen LogP contribution is 2.56. The van der Waals surface area contributed by atoms with Gasteiger partial charge in [0.2, 0.25) is 0 Å². The molecule has 3 unspecified atom stereocenters.